The molecule has 1 N–H and O–H groups in total. The van der Waals surface area contributed by atoms with E-state index >= 15 is 0 Å². The fraction of sp³-hybridized carbons (Fsp3) is 0.625. The van der Waals surface area contributed by atoms with Crippen molar-refractivity contribution in [2.75, 3.05) is 32.7 Å². The van der Waals surface area contributed by atoms with Crippen LogP contribution in [0.4, 0.5) is 0 Å². The van der Waals surface area contributed by atoms with Gasteiger partial charge in [-0.15, -0.1) is 0 Å². The maximum Gasteiger partial charge on any atom is 0.0239 e. The Morgan fingerprint density at radius 1 is 1.21 bits per heavy atom. The van der Waals surface area contributed by atoms with Gasteiger partial charge in [0.1, 0.15) is 0 Å². The van der Waals surface area contributed by atoms with Gasteiger partial charge in [0.15, 0.2) is 0 Å². The molecule has 104 valence electrons. The molecule has 19 heavy (non-hydrogen) atoms. The normalized spacial score (nSPS) is 29.7. The zero-order chi connectivity index (χ0) is 13.1. The minimum Gasteiger partial charge on any atom is -0.314 e. The number of nitrogens with one attached hydrogen (secondary N) is 1. The minimum absolute atomic E-state index is 0.690. The van der Waals surface area contributed by atoms with E-state index in [1.54, 1.807) is 0 Å². The summed E-state index contributed by atoms with van der Waals surface area (Å²) in [5, 5.41) is 3.48. The van der Waals surface area contributed by atoms with Gasteiger partial charge < -0.3 is 5.32 Å². The van der Waals surface area contributed by atoms with Crippen LogP contribution in [0.15, 0.2) is 30.3 Å². The monoisotopic (exact) mass is 259 g/mol. The van der Waals surface area contributed by atoms with Gasteiger partial charge in [-0.3, -0.25) is 9.80 Å². The summed E-state index contributed by atoms with van der Waals surface area (Å²) in [7, 11) is 0. The molecular formula is C16H25N3. The first-order valence-corrected chi connectivity index (χ1v) is 7.55. The molecule has 1 aromatic rings. The van der Waals surface area contributed by atoms with Gasteiger partial charge in [0.2, 0.25) is 0 Å². The predicted octanol–water partition coefficient (Wildman–Crippen LogP) is 1.55. The summed E-state index contributed by atoms with van der Waals surface area (Å²) >= 11 is 0. The zero-order valence-corrected chi connectivity index (χ0v) is 11.9. The molecule has 2 heterocycles. The first kappa shape index (κ1) is 13.1. The molecule has 0 aliphatic carbocycles. The van der Waals surface area contributed by atoms with Crippen molar-refractivity contribution in [2.24, 2.45) is 0 Å². The molecule has 1 aromatic carbocycles. The van der Waals surface area contributed by atoms with Gasteiger partial charge in [-0.25, -0.2) is 0 Å². The van der Waals surface area contributed by atoms with Gasteiger partial charge >= 0.3 is 0 Å². The van der Waals surface area contributed by atoms with E-state index in [0.29, 0.717) is 6.04 Å². The Morgan fingerprint density at radius 3 is 2.84 bits per heavy atom. The SMILES string of the molecule is CC1CNCCN1C1CCN(Cc2ccccc2)C1. The first-order chi connectivity index (χ1) is 9.33. The molecule has 2 fully saturated rings. The minimum atomic E-state index is 0.690. The van der Waals surface area contributed by atoms with Crippen LogP contribution in [-0.4, -0.2) is 54.6 Å². The third-order valence-electron chi connectivity index (χ3n) is 4.52. The van der Waals surface area contributed by atoms with Gasteiger partial charge in [0.25, 0.3) is 0 Å². The molecule has 2 aliphatic heterocycles. The van der Waals surface area contributed by atoms with Crippen molar-refractivity contribution in [2.45, 2.75) is 32.0 Å². The van der Waals surface area contributed by atoms with E-state index in [0.717, 1.165) is 25.7 Å². The molecule has 0 aromatic heterocycles. The van der Waals surface area contributed by atoms with Crippen LogP contribution in [0.1, 0.15) is 18.9 Å². The highest BCUT2D eigenvalue weighted by molar-refractivity contribution is 5.14. The van der Waals surface area contributed by atoms with Crippen LogP contribution in [0.3, 0.4) is 0 Å². The van der Waals surface area contributed by atoms with Crippen LogP contribution in [0.2, 0.25) is 0 Å². The Morgan fingerprint density at radius 2 is 2.05 bits per heavy atom. The highest BCUT2D eigenvalue weighted by Gasteiger charge is 2.31. The second kappa shape index (κ2) is 6.04. The van der Waals surface area contributed by atoms with Crippen molar-refractivity contribution in [3.63, 3.8) is 0 Å². The van der Waals surface area contributed by atoms with Crippen LogP contribution >= 0.6 is 0 Å². The molecule has 3 nitrogen and oxygen atoms in total. The maximum absolute atomic E-state index is 3.48. The van der Waals surface area contributed by atoms with Crippen LogP contribution in [0, 0.1) is 0 Å². The van der Waals surface area contributed by atoms with Crippen molar-refractivity contribution in [3.05, 3.63) is 35.9 Å². The van der Waals surface area contributed by atoms with Crippen LogP contribution in [0.5, 0.6) is 0 Å². The predicted molar refractivity (Wildman–Crippen MR) is 79.2 cm³/mol. The molecule has 3 rings (SSSR count). The summed E-state index contributed by atoms with van der Waals surface area (Å²) in [6.45, 7) is 9.46. The topological polar surface area (TPSA) is 18.5 Å². The number of hydrogen-bond donors (Lipinski definition) is 1. The number of benzene rings is 1. The molecule has 0 spiro atoms. The Kier molecular flexibility index (Phi) is 4.16. The largest absolute Gasteiger partial charge is 0.314 e. The van der Waals surface area contributed by atoms with Crippen LogP contribution < -0.4 is 5.32 Å². The summed E-state index contributed by atoms with van der Waals surface area (Å²) < 4.78 is 0. The number of likely N-dealkylation sites (tertiary alicyclic amines) is 1. The average Bonchev–Trinajstić information content (AvgIpc) is 2.89. The molecule has 2 unspecified atom stereocenters. The van der Waals surface area contributed by atoms with Crippen LogP contribution in [0.25, 0.3) is 0 Å². The van der Waals surface area contributed by atoms with E-state index in [2.05, 4.69) is 52.4 Å². The Labute approximate surface area is 116 Å². The number of nitrogens with zero attached hydrogens (tertiary/aromatic N) is 2. The third kappa shape index (κ3) is 3.16. The molecule has 0 saturated carbocycles. The van der Waals surface area contributed by atoms with Crippen molar-refractivity contribution in [1.82, 2.24) is 15.1 Å². The van der Waals surface area contributed by atoms with Gasteiger partial charge in [-0.1, -0.05) is 30.3 Å². The van der Waals surface area contributed by atoms with E-state index in [1.807, 2.05) is 0 Å². The van der Waals surface area contributed by atoms with Crippen molar-refractivity contribution in [1.29, 1.82) is 0 Å². The fourth-order valence-electron chi connectivity index (χ4n) is 3.47. The lowest BCUT2D eigenvalue weighted by Crippen LogP contribution is -2.54. The summed E-state index contributed by atoms with van der Waals surface area (Å²) in [6, 6.07) is 12.3. The summed E-state index contributed by atoms with van der Waals surface area (Å²) in [5.41, 5.74) is 1.44. The smallest absolute Gasteiger partial charge is 0.0239 e. The van der Waals surface area contributed by atoms with Crippen LogP contribution in [-0.2, 0) is 6.54 Å². The van der Waals surface area contributed by atoms with Gasteiger partial charge in [0, 0.05) is 51.4 Å². The highest BCUT2D eigenvalue weighted by Crippen LogP contribution is 2.20. The standard InChI is InChI=1S/C16H25N3/c1-14-11-17-8-10-19(14)16-7-9-18(13-16)12-15-5-3-2-4-6-15/h2-6,14,16-17H,7-13H2,1H3. The number of hydrogen-bond acceptors (Lipinski definition) is 3. The summed E-state index contributed by atoms with van der Waals surface area (Å²) in [6.07, 6.45) is 1.33. The van der Waals surface area contributed by atoms with E-state index < -0.39 is 0 Å². The molecule has 2 saturated heterocycles. The number of rotatable bonds is 3. The van der Waals surface area contributed by atoms with Gasteiger partial charge in [-0.2, -0.15) is 0 Å². The van der Waals surface area contributed by atoms with Crippen molar-refractivity contribution in [3.8, 4) is 0 Å². The Bertz CT molecular complexity index is 392. The molecular weight excluding hydrogens is 234 g/mol. The lowest BCUT2D eigenvalue weighted by Gasteiger charge is -2.38. The molecule has 2 atom stereocenters. The van der Waals surface area contributed by atoms with Gasteiger partial charge in [-0.05, 0) is 18.9 Å². The molecule has 2 aliphatic rings. The zero-order valence-electron chi connectivity index (χ0n) is 11.9. The molecule has 0 amide bonds. The molecule has 0 radical (unpaired) electrons. The quantitative estimate of drug-likeness (QED) is 0.888. The lowest BCUT2D eigenvalue weighted by molar-refractivity contribution is 0.117. The maximum atomic E-state index is 3.48. The lowest BCUT2D eigenvalue weighted by atomic mass is 10.1. The van der Waals surface area contributed by atoms with Gasteiger partial charge in [0.05, 0.1) is 0 Å². The van der Waals surface area contributed by atoms with Crippen molar-refractivity contribution < 1.29 is 0 Å². The fourth-order valence-corrected chi connectivity index (χ4v) is 3.47. The molecule has 0 bridgehead atoms. The summed E-state index contributed by atoms with van der Waals surface area (Å²) in [4.78, 5) is 5.32. The number of piperazine rings is 1. The first-order valence-electron chi connectivity index (χ1n) is 7.55. The van der Waals surface area contributed by atoms with E-state index in [4.69, 9.17) is 0 Å². The average molecular weight is 259 g/mol. The van der Waals surface area contributed by atoms with E-state index in [9.17, 15) is 0 Å². The highest BCUT2D eigenvalue weighted by atomic mass is 15.3. The third-order valence-corrected chi connectivity index (χ3v) is 4.52. The van der Waals surface area contributed by atoms with E-state index in [1.165, 1.54) is 31.6 Å². The summed E-state index contributed by atoms with van der Waals surface area (Å²) in [5.74, 6) is 0. The molecule has 3 heteroatoms. The Hall–Kier alpha value is -0.900. The van der Waals surface area contributed by atoms with Crippen molar-refractivity contribution >= 4 is 0 Å². The Balaban J connectivity index is 1.55. The second-order valence-corrected chi connectivity index (χ2v) is 5.95. The van der Waals surface area contributed by atoms with E-state index in [-0.39, 0.29) is 0 Å². The second-order valence-electron chi connectivity index (χ2n) is 5.95.